The molecule has 302 valence electrons. The van der Waals surface area contributed by atoms with E-state index in [1.54, 1.807) is 0 Å². The molecular weight excluding hydrogens is 838 g/mol. The molecule has 0 unspecified atom stereocenters. The Kier molecular flexibility index (Phi) is 11.5. The summed E-state index contributed by atoms with van der Waals surface area (Å²) in [6.45, 7) is 4.62. The number of benzene rings is 8. The average molecular weight is 879 g/mol. The molecule has 1 aliphatic rings. The summed E-state index contributed by atoms with van der Waals surface area (Å²) in [6.07, 6.45) is 0. The molecule has 0 N–H and O–H groups in total. The van der Waals surface area contributed by atoms with E-state index in [0.29, 0.717) is 44.8 Å². The number of hydrogen-bond donors (Lipinski definition) is 0. The summed E-state index contributed by atoms with van der Waals surface area (Å²) in [7, 11) is 0. The molecule has 0 radical (unpaired) electrons. The first kappa shape index (κ1) is 40.5. The van der Waals surface area contributed by atoms with Crippen LogP contribution in [0, 0.1) is 0 Å². The van der Waals surface area contributed by atoms with Crippen LogP contribution >= 0.6 is 46.4 Å². The van der Waals surface area contributed by atoms with Crippen molar-refractivity contribution in [3.05, 3.63) is 224 Å². The van der Waals surface area contributed by atoms with E-state index in [1.807, 2.05) is 62.4 Å². The summed E-state index contributed by atoms with van der Waals surface area (Å²) in [6, 6.07) is 62.7. The van der Waals surface area contributed by atoms with Crippen LogP contribution in [0.25, 0.3) is 11.1 Å². The zero-order valence-corrected chi connectivity index (χ0v) is 36.5. The summed E-state index contributed by atoms with van der Waals surface area (Å²) in [5.41, 5.74) is 10.6. The number of ether oxygens (including phenoxy) is 2. The van der Waals surface area contributed by atoms with Gasteiger partial charge in [0.05, 0.1) is 38.7 Å². The van der Waals surface area contributed by atoms with Crippen LogP contribution < -0.4 is 19.3 Å². The minimum Gasteiger partial charge on any atom is -0.491 e. The van der Waals surface area contributed by atoms with E-state index in [9.17, 15) is 0 Å². The van der Waals surface area contributed by atoms with Gasteiger partial charge in [-0.3, -0.25) is 0 Å². The van der Waals surface area contributed by atoms with Gasteiger partial charge in [0, 0.05) is 34.1 Å². The van der Waals surface area contributed by atoms with Crippen LogP contribution in [0.4, 0.5) is 34.1 Å². The number of nitrogens with zero attached hydrogens (tertiary/aromatic N) is 2. The van der Waals surface area contributed by atoms with Crippen molar-refractivity contribution in [2.24, 2.45) is 0 Å². The van der Waals surface area contributed by atoms with Gasteiger partial charge in [0.25, 0.3) is 0 Å². The fourth-order valence-corrected chi connectivity index (χ4v) is 9.88. The number of rotatable bonds is 12. The van der Waals surface area contributed by atoms with E-state index in [4.69, 9.17) is 55.9 Å². The maximum atomic E-state index is 7.21. The second kappa shape index (κ2) is 17.2. The van der Waals surface area contributed by atoms with Crippen LogP contribution in [0.1, 0.15) is 36.1 Å². The maximum Gasteiger partial charge on any atom is 0.156 e. The van der Waals surface area contributed by atoms with Crippen molar-refractivity contribution in [2.45, 2.75) is 19.3 Å². The van der Waals surface area contributed by atoms with E-state index in [1.165, 1.54) is 0 Å². The number of anilines is 6. The van der Waals surface area contributed by atoms with Crippen LogP contribution in [-0.4, -0.2) is 13.2 Å². The zero-order valence-electron chi connectivity index (χ0n) is 33.5. The van der Waals surface area contributed by atoms with Crippen LogP contribution in [-0.2, 0) is 5.41 Å². The Balaban J connectivity index is 1.41. The topological polar surface area (TPSA) is 24.9 Å². The van der Waals surface area contributed by atoms with Crippen molar-refractivity contribution in [2.75, 3.05) is 23.0 Å². The zero-order chi connectivity index (χ0) is 42.1. The third-order valence-electron chi connectivity index (χ3n) is 11.1. The molecule has 0 saturated heterocycles. The van der Waals surface area contributed by atoms with Crippen molar-refractivity contribution < 1.29 is 9.47 Å². The van der Waals surface area contributed by atoms with E-state index < -0.39 is 5.41 Å². The highest BCUT2D eigenvalue weighted by atomic mass is 35.5. The van der Waals surface area contributed by atoms with Gasteiger partial charge in [-0.15, -0.1) is 0 Å². The molecule has 8 heteroatoms. The van der Waals surface area contributed by atoms with Gasteiger partial charge < -0.3 is 19.3 Å². The lowest BCUT2D eigenvalue weighted by Crippen LogP contribution is -2.29. The molecule has 8 aromatic rings. The van der Waals surface area contributed by atoms with Crippen molar-refractivity contribution in [3.63, 3.8) is 0 Å². The SMILES string of the molecule is CCOc1c(Cl)cc(C2(c3cc(Cl)c(OCC)c(Cl)c3)c3cc(N(c4ccccc4)c4ccccc4)ccc3-c3ccc(N(c4ccccc4)c4ccccc4)cc32)cc1Cl. The lowest BCUT2D eigenvalue weighted by molar-refractivity contribution is 0.340. The summed E-state index contributed by atoms with van der Waals surface area (Å²) in [4.78, 5) is 4.53. The lowest BCUT2D eigenvalue weighted by atomic mass is 9.67. The van der Waals surface area contributed by atoms with Crippen molar-refractivity contribution in [3.8, 4) is 22.6 Å². The Labute approximate surface area is 377 Å². The molecule has 0 saturated carbocycles. The Morgan fingerprint density at radius 2 is 0.672 bits per heavy atom. The molecule has 9 rings (SSSR count). The first-order valence-electron chi connectivity index (χ1n) is 20.2. The highest BCUT2D eigenvalue weighted by Gasteiger charge is 2.48. The molecule has 0 heterocycles. The van der Waals surface area contributed by atoms with Gasteiger partial charge in [0.2, 0.25) is 0 Å². The van der Waals surface area contributed by atoms with E-state index in [-0.39, 0.29) is 0 Å². The van der Waals surface area contributed by atoms with Crippen LogP contribution in [0.15, 0.2) is 182 Å². The predicted molar refractivity (Wildman–Crippen MR) is 255 cm³/mol. The molecule has 61 heavy (non-hydrogen) atoms. The molecule has 0 amide bonds. The fourth-order valence-electron chi connectivity index (χ4n) is 8.69. The van der Waals surface area contributed by atoms with Gasteiger partial charge in [0.1, 0.15) is 0 Å². The third kappa shape index (κ3) is 7.28. The van der Waals surface area contributed by atoms with Gasteiger partial charge in [0.15, 0.2) is 11.5 Å². The standard InChI is InChI=1S/C53H40Cl4N2O2/c1-3-60-51-47(54)29-35(30-48(51)55)53(36-31-49(56)52(61-4-2)50(57)32-36)45-33-41(58(37-17-9-5-10-18-37)38-19-11-6-12-20-38)25-27-43(45)44-28-26-42(34-46(44)53)59(39-21-13-7-14-22-39)40-23-15-8-16-24-40/h5-34H,3-4H2,1-2H3. The van der Waals surface area contributed by atoms with Crippen molar-refractivity contribution >= 4 is 80.5 Å². The van der Waals surface area contributed by atoms with Gasteiger partial charge in [-0.2, -0.15) is 0 Å². The van der Waals surface area contributed by atoms with Crippen LogP contribution in [0.3, 0.4) is 0 Å². The summed E-state index contributed by atoms with van der Waals surface area (Å²) < 4.78 is 12.0. The Morgan fingerprint density at radius 3 is 0.951 bits per heavy atom. The number of hydrogen-bond acceptors (Lipinski definition) is 4. The highest BCUT2D eigenvalue weighted by Crippen LogP contribution is 2.60. The monoisotopic (exact) mass is 876 g/mol. The molecule has 0 atom stereocenters. The molecule has 0 fully saturated rings. The molecular formula is C53H40Cl4N2O2. The second-order valence-corrected chi connectivity index (χ2v) is 16.3. The maximum absolute atomic E-state index is 7.21. The minimum atomic E-state index is -1.08. The number of fused-ring (bicyclic) bond motifs is 3. The summed E-state index contributed by atoms with van der Waals surface area (Å²) in [5, 5.41) is 1.55. The normalized spacial score (nSPS) is 12.4. The molecule has 0 aromatic heterocycles. The van der Waals surface area contributed by atoms with Gasteiger partial charge in [-0.05, 0) is 144 Å². The molecule has 0 spiro atoms. The van der Waals surface area contributed by atoms with Crippen molar-refractivity contribution in [1.29, 1.82) is 0 Å². The first-order valence-corrected chi connectivity index (χ1v) is 21.7. The summed E-state index contributed by atoms with van der Waals surface area (Å²) >= 11 is 28.8. The second-order valence-electron chi connectivity index (χ2n) is 14.6. The Hall–Kier alpha value is -5.88. The Morgan fingerprint density at radius 1 is 0.377 bits per heavy atom. The van der Waals surface area contributed by atoms with Crippen molar-refractivity contribution in [1.82, 2.24) is 0 Å². The quantitative estimate of drug-likeness (QED) is 0.122. The fraction of sp³-hybridized carbons (Fsp3) is 0.0943. The number of halogens is 4. The van der Waals surface area contributed by atoms with Crippen LogP contribution in [0.2, 0.25) is 20.1 Å². The predicted octanol–water partition coefficient (Wildman–Crippen LogP) is 16.4. The van der Waals surface area contributed by atoms with Gasteiger partial charge in [-0.1, -0.05) is 131 Å². The molecule has 0 bridgehead atoms. The minimum absolute atomic E-state index is 0.388. The first-order chi connectivity index (χ1) is 29.8. The molecule has 0 aliphatic heterocycles. The lowest BCUT2D eigenvalue weighted by Gasteiger charge is -2.36. The van der Waals surface area contributed by atoms with Gasteiger partial charge >= 0.3 is 0 Å². The number of para-hydroxylation sites is 4. The largest absolute Gasteiger partial charge is 0.491 e. The third-order valence-corrected chi connectivity index (χ3v) is 12.2. The average Bonchev–Trinajstić information content (AvgIpc) is 3.57. The highest BCUT2D eigenvalue weighted by molar-refractivity contribution is 6.38. The summed E-state index contributed by atoms with van der Waals surface area (Å²) in [5.74, 6) is 0.846. The van der Waals surface area contributed by atoms with E-state index in [0.717, 1.165) is 67.5 Å². The van der Waals surface area contributed by atoms with Gasteiger partial charge in [-0.25, -0.2) is 0 Å². The smallest absolute Gasteiger partial charge is 0.156 e. The van der Waals surface area contributed by atoms with Crippen LogP contribution in [0.5, 0.6) is 11.5 Å². The van der Waals surface area contributed by atoms with E-state index >= 15 is 0 Å². The molecule has 8 aromatic carbocycles. The molecule has 1 aliphatic carbocycles. The van der Waals surface area contributed by atoms with E-state index in [2.05, 4.69) is 143 Å². The molecule has 4 nitrogen and oxygen atoms in total. The Bertz CT molecular complexity index is 2520.